The van der Waals surface area contributed by atoms with Crippen molar-refractivity contribution in [2.75, 3.05) is 12.3 Å². The largest absolute Gasteiger partial charge is 0.387 e. The molecular weight excluding hydrogens is 372 g/mol. The van der Waals surface area contributed by atoms with E-state index in [4.69, 9.17) is 15.2 Å². The number of fused-ring (bicyclic) bond motifs is 1. The van der Waals surface area contributed by atoms with E-state index in [1.807, 2.05) is 12.3 Å². The first kappa shape index (κ1) is 18.2. The van der Waals surface area contributed by atoms with Crippen molar-refractivity contribution in [3.63, 3.8) is 0 Å². The van der Waals surface area contributed by atoms with Gasteiger partial charge >= 0.3 is 0 Å². The van der Waals surface area contributed by atoms with Gasteiger partial charge in [0.2, 0.25) is 0 Å². The third-order valence-corrected chi connectivity index (χ3v) is 5.29. The van der Waals surface area contributed by atoms with Crippen molar-refractivity contribution in [3.05, 3.63) is 29.2 Å². The summed E-state index contributed by atoms with van der Waals surface area (Å²) in [7, 11) is 0. The fourth-order valence-corrected chi connectivity index (χ4v) is 3.80. The first-order valence-electron chi connectivity index (χ1n) is 8.49. The summed E-state index contributed by atoms with van der Waals surface area (Å²) in [5, 5.41) is 23.7. The number of aliphatic hydroxyl groups excluding tert-OH is 2. The van der Waals surface area contributed by atoms with E-state index in [9.17, 15) is 10.2 Å². The summed E-state index contributed by atoms with van der Waals surface area (Å²) in [4.78, 5) is 16.4. The quantitative estimate of drug-likeness (QED) is 0.533. The van der Waals surface area contributed by atoms with Crippen LogP contribution in [-0.2, 0) is 15.9 Å². The van der Waals surface area contributed by atoms with Crippen LogP contribution in [0, 0.1) is 0 Å². The van der Waals surface area contributed by atoms with Crippen molar-refractivity contribution < 1.29 is 19.7 Å². The molecule has 5 atom stereocenters. The van der Waals surface area contributed by atoms with Crippen LogP contribution in [0.2, 0.25) is 0 Å². The third kappa shape index (κ3) is 3.51. The lowest BCUT2D eigenvalue weighted by atomic mass is 10.1. The van der Waals surface area contributed by atoms with Gasteiger partial charge in [-0.1, -0.05) is 0 Å². The van der Waals surface area contributed by atoms with E-state index < -0.39 is 24.5 Å². The molecule has 1 aliphatic heterocycles. The molecule has 27 heavy (non-hydrogen) atoms. The van der Waals surface area contributed by atoms with Crippen LogP contribution in [-0.4, -0.2) is 65.7 Å². The molecule has 0 aliphatic carbocycles. The zero-order valence-corrected chi connectivity index (χ0v) is 15.4. The molecule has 10 nitrogen and oxygen atoms in total. The molecule has 4 heterocycles. The second kappa shape index (κ2) is 7.44. The van der Waals surface area contributed by atoms with Crippen LogP contribution in [0.25, 0.3) is 11.2 Å². The summed E-state index contributed by atoms with van der Waals surface area (Å²) in [5.74, 6) is 0.239. The molecule has 3 aromatic heterocycles. The van der Waals surface area contributed by atoms with Crippen LogP contribution in [0.15, 0.2) is 24.2 Å². The minimum atomic E-state index is -1.15. The molecule has 0 bridgehead atoms. The van der Waals surface area contributed by atoms with Crippen LogP contribution in [0.5, 0.6) is 0 Å². The Morgan fingerprint density at radius 1 is 1.30 bits per heavy atom. The first-order valence-corrected chi connectivity index (χ1v) is 9.37. The lowest BCUT2D eigenvalue weighted by Gasteiger charge is -2.18. The predicted octanol–water partition coefficient (Wildman–Crippen LogP) is 0.132. The Kier molecular flexibility index (Phi) is 5.02. The van der Waals surface area contributed by atoms with E-state index >= 15 is 0 Å². The van der Waals surface area contributed by atoms with E-state index in [0.717, 1.165) is 5.01 Å². The summed E-state index contributed by atoms with van der Waals surface area (Å²) in [6, 6.07) is 0. The Morgan fingerprint density at radius 2 is 2.15 bits per heavy atom. The number of rotatable bonds is 6. The highest BCUT2D eigenvalue weighted by Gasteiger charge is 2.44. The molecule has 11 heteroatoms. The zero-order valence-electron chi connectivity index (χ0n) is 14.5. The summed E-state index contributed by atoms with van der Waals surface area (Å²) in [5.41, 5.74) is 6.63. The normalized spacial score (nSPS) is 26.6. The fourth-order valence-electron chi connectivity index (χ4n) is 3.07. The minimum Gasteiger partial charge on any atom is -0.387 e. The van der Waals surface area contributed by atoms with Gasteiger partial charge in [0.1, 0.15) is 30.2 Å². The number of aliphatic hydroxyl groups is 2. The molecule has 4 rings (SSSR count). The Bertz CT molecular complexity index is 904. The summed E-state index contributed by atoms with van der Waals surface area (Å²) in [6.45, 7) is 2.07. The van der Waals surface area contributed by atoms with E-state index in [1.165, 1.54) is 12.7 Å². The molecular formula is C16H20N6O4S. The standard InChI is InChI=1S/C16H20N6O4S/c1-8(4-10-18-2-3-27-10)25-5-9-12(23)13(24)16(26-9)22-7-21-11-14(17)19-6-20-15(11)22/h2-3,6-9,12-13,16,23-24H,4-5H2,1H3,(H2,17,19,20)/t8?,9-,12-,13-,16-/m1/s1. The van der Waals surface area contributed by atoms with E-state index in [-0.39, 0.29) is 18.5 Å². The lowest BCUT2D eigenvalue weighted by Crippen LogP contribution is -2.34. The van der Waals surface area contributed by atoms with Crippen LogP contribution < -0.4 is 5.73 Å². The number of nitrogens with zero attached hydrogens (tertiary/aromatic N) is 5. The summed E-state index contributed by atoms with van der Waals surface area (Å²) >= 11 is 1.57. The smallest absolute Gasteiger partial charge is 0.167 e. The molecule has 1 unspecified atom stereocenters. The molecule has 1 saturated heterocycles. The second-order valence-electron chi connectivity index (χ2n) is 6.40. The van der Waals surface area contributed by atoms with Crippen molar-refractivity contribution in [1.29, 1.82) is 0 Å². The molecule has 0 radical (unpaired) electrons. The highest BCUT2D eigenvalue weighted by molar-refractivity contribution is 7.09. The molecule has 144 valence electrons. The predicted molar refractivity (Wildman–Crippen MR) is 96.9 cm³/mol. The number of nitrogens with two attached hydrogens (primary N) is 1. The Labute approximate surface area is 158 Å². The highest BCUT2D eigenvalue weighted by atomic mass is 32.1. The fraction of sp³-hybridized carbons (Fsp3) is 0.500. The molecule has 3 aromatic rings. The van der Waals surface area contributed by atoms with Gasteiger partial charge in [0, 0.05) is 18.0 Å². The average molecular weight is 392 g/mol. The van der Waals surface area contributed by atoms with Gasteiger partial charge in [-0.25, -0.2) is 19.9 Å². The van der Waals surface area contributed by atoms with Gasteiger partial charge < -0.3 is 25.4 Å². The Hall–Kier alpha value is -2.18. The Balaban J connectivity index is 1.43. The zero-order chi connectivity index (χ0) is 19.0. The highest BCUT2D eigenvalue weighted by Crippen LogP contribution is 2.32. The van der Waals surface area contributed by atoms with Crippen molar-refractivity contribution >= 4 is 28.3 Å². The second-order valence-corrected chi connectivity index (χ2v) is 7.38. The van der Waals surface area contributed by atoms with Crippen molar-refractivity contribution in [2.24, 2.45) is 0 Å². The monoisotopic (exact) mass is 392 g/mol. The topological polar surface area (TPSA) is 141 Å². The van der Waals surface area contributed by atoms with Crippen LogP contribution in [0.1, 0.15) is 18.2 Å². The first-order chi connectivity index (χ1) is 13.0. The van der Waals surface area contributed by atoms with Gasteiger partial charge in [0.25, 0.3) is 0 Å². The van der Waals surface area contributed by atoms with E-state index in [0.29, 0.717) is 17.6 Å². The van der Waals surface area contributed by atoms with Crippen LogP contribution in [0.3, 0.4) is 0 Å². The number of hydrogen-bond donors (Lipinski definition) is 3. The molecule has 0 amide bonds. The molecule has 4 N–H and O–H groups in total. The summed E-state index contributed by atoms with van der Waals surface area (Å²) < 4.78 is 13.2. The number of thiazole rings is 1. The van der Waals surface area contributed by atoms with Crippen LogP contribution >= 0.6 is 11.3 Å². The van der Waals surface area contributed by atoms with Gasteiger partial charge in [-0.3, -0.25) is 4.57 Å². The van der Waals surface area contributed by atoms with Gasteiger partial charge in [-0.05, 0) is 6.92 Å². The maximum absolute atomic E-state index is 10.4. The van der Waals surface area contributed by atoms with E-state index in [1.54, 1.807) is 22.1 Å². The number of imidazole rings is 1. The minimum absolute atomic E-state index is 0.0928. The van der Waals surface area contributed by atoms with E-state index in [2.05, 4.69) is 19.9 Å². The van der Waals surface area contributed by atoms with Crippen molar-refractivity contribution in [2.45, 2.75) is 44.0 Å². The van der Waals surface area contributed by atoms with Gasteiger partial charge in [-0.2, -0.15) is 0 Å². The van der Waals surface area contributed by atoms with Gasteiger partial charge in [0.05, 0.1) is 24.0 Å². The van der Waals surface area contributed by atoms with Crippen molar-refractivity contribution in [3.8, 4) is 0 Å². The molecule has 1 aliphatic rings. The number of nitrogen functional groups attached to an aromatic ring is 1. The third-order valence-electron chi connectivity index (χ3n) is 4.49. The van der Waals surface area contributed by atoms with Crippen molar-refractivity contribution in [1.82, 2.24) is 24.5 Å². The Morgan fingerprint density at radius 3 is 2.93 bits per heavy atom. The number of hydrogen-bond acceptors (Lipinski definition) is 10. The number of ether oxygens (including phenoxy) is 2. The maximum Gasteiger partial charge on any atom is 0.167 e. The lowest BCUT2D eigenvalue weighted by molar-refractivity contribution is -0.0779. The summed E-state index contributed by atoms with van der Waals surface area (Å²) in [6.07, 6.45) is 1.34. The van der Waals surface area contributed by atoms with Crippen LogP contribution in [0.4, 0.5) is 5.82 Å². The molecule has 0 aromatic carbocycles. The average Bonchev–Trinajstić information content (AvgIpc) is 3.36. The number of anilines is 1. The number of aromatic nitrogens is 5. The molecule has 0 saturated carbocycles. The van der Waals surface area contributed by atoms with Gasteiger partial charge in [0.15, 0.2) is 17.7 Å². The molecule has 1 fully saturated rings. The molecule has 0 spiro atoms. The SMILES string of the molecule is CC(Cc1nccs1)OC[C@H]1O[C@@H](n2cnc3c(N)ncnc32)[C@H](O)[C@@H]1O. The van der Waals surface area contributed by atoms with Gasteiger partial charge in [-0.15, -0.1) is 11.3 Å². The maximum atomic E-state index is 10.4.